The molecular formula is C19H23NO. The van der Waals surface area contributed by atoms with Crippen molar-refractivity contribution in [3.8, 4) is 5.75 Å². The molecule has 0 amide bonds. The summed E-state index contributed by atoms with van der Waals surface area (Å²) in [7, 11) is 0. The van der Waals surface area contributed by atoms with Gasteiger partial charge in [-0.3, -0.25) is 0 Å². The summed E-state index contributed by atoms with van der Waals surface area (Å²) in [5.74, 6) is 0.928. The van der Waals surface area contributed by atoms with Crippen LogP contribution in [0.4, 0.5) is 0 Å². The fourth-order valence-corrected chi connectivity index (χ4v) is 3.43. The van der Waals surface area contributed by atoms with Crippen molar-refractivity contribution < 1.29 is 5.11 Å². The van der Waals surface area contributed by atoms with Crippen LogP contribution >= 0.6 is 0 Å². The molecule has 2 heteroatoms. The minimum Gasteiger partial charge on any atom is -0.508 e. The Morgan fingerprint density at radius 3 is 2.81 bits per heavy atom. The summed E-state index contributed by atoms with van der Waals surface area (Å²) >= 11 is 0. The largest absolute Gasteiger partial charge is 0.508 e. The van der Waals surface area contributed by atoms with Crippen molar-refractivity contribution in [3.63, 3.8) is 0 Å². The Morgan fingerprint density at radius 2 is 2.00 bits per heavy atom. The Kier molecular flexibility index (Phi) is 4.26. The van der Waals surface area contributed by atoms with Gasteiger partial charge in [0, 0.05) is 6.04 Å². The van der Waals surface area contributed by atoms with Gasteiger partial charge in [-0.05, 0) is 60.5 Å². The van der Waals surface area contributed by atoms with Crippen molar-refractivity contribution in [3.05, 3.63) is 65.2 Å². The van der Waals surface area contributed by atoms with Gasteiger partial charge >= 0.3 is 0 Å². The van der Waals surface area contributed by atoms with Crippen LogP contribution in [0, 0.1) is 5.92 Å². The molecule has 0 aliphatic heterocycles. The van der Waals surface area contributed by atoms with Crippen LogP contribution in [0.3, 0.4) is 0 Å². The molecule has 1 aliphatic carbocycles. The normalized spacial score (nSPS) is 20.4. The molecule has 0 heterocycles. The lowest BCUT2D eigenvalue weighted by molar-refractivity contribution is 0.386. The Balaban J connectivity index is 1.81. The number of rotatable bonds is 5. The summed E-state index contributed by atoms with van der Waals surface area (Å²) in [5, 5.41) is 13.4. The molecule has 0 radical (unpaired) electrons. The highest BCUT2D eigenvalue weighted by Crippen LogP contribution is 2.38. The highest BCUT2D eigenvalue weighted by Gasteiger charge is 2.31. The summed E-state index contributed by atoms with van der Waals surface area (Å²) in [6, 6.07) is 16.9. The van der Waals surface area contributed by atoms with Crippen LogP contribution in [0.25, 0.3) is 0 Å². The molecule has 0 bridgehead atoms. The number of hydrogen-bond acceptors (Lipinski definition) is 2. The van der Waals surface area contributed by atoms with Crippen LogP contribution in [-0.2, 0) is 12.8 Å². The fourth-order valence-electron chi connectivity index (χ4n) is 3.43. The summed E-state index contributed by atoms with van der Waals surface area (Å²) in [5.41, 5.74) is 4.14. The SMILES string of the molecule is CCCNC1c2ccccc2CC1Cc1cccc(O)c1. The Hall–Kier alpha value is -1.80. The topological polar surface area (TPSA) is 32.3 Å². The Labute approximate surface area is 126 Å². The van der Waals surface area contributed by atoms with Crippen molar-refractivity contribution in [1.29, 1.82) is 0 Å². The maximum absolute atomic E-state index is 9.65. The first-order chi connectivity index (χ1) is 10.3. The molecule has 2 aromatic rings. The predicted octanol–water partition coefficient (Wildman–Crippen LogP) is 3.85. The molecule has 0 fully saturated rings. The van der Waals surface area contributed by atoms with Crippen LogP contribution in [0.5, 0.6) is 5.75 Å². The molecule has 0 saturated carbocycles. The van der Waals surface area contributed by atoms with E-state index in [4.69, 9.17) is 0 Å². The van der Waals surface area contributed by atoms with E-state index in [1.807, 2.05) is 12.1 Å². The van der Waals surface area contributed by atoms with Crippen molar-refractivity contribution in [2.24, 2.45) is 5.92 Å². The average molecular weight is 281 g/mol. The quantitative estimate of drug-likeness (QED) is 0.872. The third kappa shape index (κ3) is 3.11. The van der Waals surface area contributed by atoms with E-state index in [0.29, 0.717) is 17.7 Å². The van der Waals surface area contributed by atoms with Gasteiger partial charge in [0.25, 0.3) is 0 Å². The van der Waals surface area contributed by atoms with Gasteiger partial charge in [-0.1, -0.05) is 43.3 Å². The number of fused-ring (bicyclic) bond motifs is 1. The van der Waals surface area contributed by atoms with E-state index < -0.39 is 0 Å². The number of benzene rings is 2. The summed E-state index contributed by atoms with van der Waals surface area (Å²) < 4.78 is 0. The first kappa shape index (κ1) is 14.2. The van der Waals surface area contributed by atoms with Gasteiger partial charge in [0.1, 0.15) is 5.75 Å². The van der Waals surface area contributed by atoms with Crippen LogP contribution in [0.1, 0.15) is 36.1 Å². The Morgan fingerprint density at radius 1 is 1.14 bits per heavy atom. The zero-order chi connectivity index (χ0) is 14.7. The van der Waals surface area contributed by atoms with E-state index in [1.54, 1.807) is 6.07 Å². The van der Waals surface area contributed by atoms with Crippen molar-refractivity contribution >= 4 is 0 Å². The molecule has 2 N–H and O–H groups in total. The van der Waals surface area contributed by atoms with Crippen LogP contribution in [0.2, 0.25) is 0 Å². The molecular weight excluding hydrogens is 258 g/mol. The second kappa shape index (κ2) is 6.31. The van der Waals surface area contributed by atoms with Crippen LogP contribution < -0.4 is 5.32 Å². The predicted molar refractivity (Wildman–Crippen MR) is 86.5 cm³/mol. The standard InChI is InChI=1S/C19H23NO/c1-2-10-20-19-16(11-14-6-5-8-17(21)12-14)13-15-7-3-4-9-18(15)19/h3-9,12,16,19-21H,2,10-11,13H2,1H3. The summed E-state index contributed by atoms with van der Waals surface area (Å²) in [4.78, 5) is 0. The van der Waals surface area contributed by atoms with E-state index in [0.717, 1.165) is 25.8 Å². The zero-order valence-corrected chi connectivity index (χ0v) is 12.5. The lowest BCUT2D eigenvalue weighted by atomic mass is 9.92. The van der Waals surface area contributed by atoms with Gasteiger partial charge in [0.05, 0.1) is 0 Å². The second-order valence-electron chi connectivity index (χ2n) is 5.97. The number of hydrogen-bond donors (Lipinski definition) is 2. The highest BCUT2D eigenvalue weighted by molar-refractivity contribution is 5.37. The van der Waals surface area contributed by atoms with Gasteiger partial charge in [-0.15, -0.1) is 0 Å². The second-order valence-corrected chi connectivity index (χ2v) is 5.97. The molecule has 0 aromatic heterocycles. The number of phenols is 1. The minimum absolute atomic E-state index is 0.362. The third-order valence-corrected chi connectivity index (χ3v) is 4.37. The first-order valence-corrected chi connectivity index (χ1v) is 7.87. The van der Waals surface area contributed by atoms with Gasteiger partial charge < -0.3 is 10.4 Å². The molecule has 2 atom stereocenters. The van der Waals surface area contributed by atoms with Crippen molar-refractivity contribution in [2.75, 3.05) is 6.54 Å². The van der Waals surface area contributed by atoms with Crippen LogP contribution in [-0.4, -0.2) is 11.7 Å². The zero-order valence-electron chi connectivity index (χ0n) is 12.5. The van der Waals surface area contributed by atoms with E-state index >= 15 is 0 Å². The monoisotopic (exact) mass is 281 g/mol. The van der Waals surface area contributed by atoms with E-state index in [2.05, 4.69) is 42.6 Å². The number of phenolic OH excluding ortho intramolecular Hbond substituents is 1. The number of aromatic hydroxyl groups is 1. The molecule has 2 nitrogen and oxygen atoms in total. The van der Waals surface area contributed by atoms with Gasteiger partial charge in [-0.25, -0.2) is 0 Å². The van der Waals surface area contributed by atoms with Gasteiger partial charge in [0.15, 0.2) is 0 Å². The molecule has 2 unspecified atom stereocenters. The van der Waals surface area contributed by atoms with E-state index in [9.17, 15) is 5.11 Å². The molecule has 0 saturated heterocycles. The number of nitrogens with one attached hydrogen (secondary N) is 1. The average Bonchev–Trinajstić information content (AvgIpc) is 2.82. The maximum atomic E-state index is 9.65. The molecule has 110 valence electrons. The van der Waals surface area contributed by atoms with E-state index in [-0.39, 0.29) is 0 Å². The molecule has 2 aromatic carbocycles. The maximum Gasteiger partial charge on any atom is 0.115 e. The minimum atomic E-state index is 0.362. The lowest BCUT2D eigenvalue weighted by Crippen LogP contribution is -2.27. The highest BCUT2D eigenvalue weighted by atomic mass is 16.3. The van der Waals surface area contributed by atoms with Gasteiger partial charge in [0.2, 0.25) is 0 Å². The van der Waals surface area contributed by atoms with E-state index in [1.165, 1.54) is 16.7 Å². The summed E-state index contributed by atoms with van der Waals surface area (Å²) in [6.07, 6.45) is 3.27. The molecule has 0 spiro atoms. The van der Waals surface area contributed by atoms with Gasteiger partial charge in [-0.2, -0.15) is 0 Å². The smallest absolute Gasteiger partial charge is 0.115 e. The fraction of sp³-hybridized carbons (Fsp3) is 0.368. The molecule has 3 rings (SSSR count). The molecule has 1 aliphatic rings. The lowest BCUT2D eigenvalue weighted by Gasteiger charge is -2.22. The first-order valence-electron chi connectivity index (χ1n) is 7.87. The third-order valence-electron chi connectivity index (χ3n) is 4.37. The van der Waals surface area contributed by atoms with Crippen LogP contribution in [0.15, 0.2) is 48.5 Å². The van der Waals surface area contributed by atoms with Crippen molar-refractivity contribution in [2.45, 2.75) is 32.2 Å². The Bertz CT molecular complexity index is 608. The summed E-state index contributed by atoms with van der Waals surface area (Å²) in [6.45, 7) is 3.26. The molecule has 21 heavy (non-hydrogen) atoms. The van der Waals surface area contributed by atoms with Crippen molar-refractivity contribution in [1.82, 2.24) is 5.32 Å².